The lowest BCUT2D eigenvalue weighted by Gasteiger charge is -1.86. The van der Waals surface area contributed by atoms with Crippen molar-refractivity contribution in [2.75, 3.05) is 0 Å². The molecule has 0 radical (unpaired) electrons. The Kier molecular flexibility index (Phi) is 88.2. The molecule has 0 aromatic heterocycles. The van der Waals surface area contributed by atoms with Crippen molar-refractivity contribution in [1.82, 2.24) is 0 Å². The van der Waals surface area contributed by atoms with Crippen LogP contribution < -0.4 is 0 Å². The lowest BCUT2D eigenvalue weighted by atomic mass is 10.2. The minimum Gasteiger partial charge on any atom is -0.114 e. The monoisotopic (exact) mass is 298 g/mol. The normalized spacial score (nSPS) is 5.40. The fourth-order valence-electron chi connectivity index (χ4n) is 0.500. The van der Waals surface area contributed by atoms with Crippen molar-refractivity contribution in [1.29, 1.82) is 0 Å². The first-order valence-electron chi connectivity index (χ1n) is 2.91. The second kappa shape index (κ2) is 30.0. The fraction of sp³-hybridized carbons (Fsp3) is 1.00. The molecule has 0 atom stereocenters. The number of hydrogen-bond donors (Lipinski definition) is 0. The minimum atomic E-state index is 0. The van der Waals surface area contributed by atoms with E-state index >= 15 is 0 Å². The summed E-state index contributed by atoms with van der Waals surface area (Å²) in [5.74, 6) is 0. The standard InChI is InChI=1S/C6H14.2BrH.2Mg.4H/c1-3-5-6-4-2;;;;;;;;/h3-6H2,1-2H3;2*1H;;;;;;. The van der Waals surface area contributed by atoms with E-state index < -0.39 is 0 Å². The van der Waals surface area contributed by atoms with Gasteiger partial charge in [-0.25, -0.2) is 0 Å². The first kappa shape index (κ1) is 29.4. The van der Waals surface area contributed by atoms with Crippen LogP contribution in [0.2, 0.25) is 0 Å². The number of hydrogen-bond acceptors (Lipinski definition) is 0. The van der Waals surface area contributed by atoms with E-state index in [9.17, 15) is 0 Å². The Morgan fingerprint density at radius 3 is 1.00 bits per heavy atom. The summed E-state index contributed by atoms with van der Waals surface area (Å²) in [6.07, 6.45) is 5.54. The van der Waals surface area contributed by atoms with Crippen molar-refractivity contribution in [3.8, 4) is 0 Å². The zero-order valence-corrected chi connectivity index (χ0v) is 9.07. The van der Waals surface area contributed by atoms with Gasteiger partial charge < -0.3 is 0 Å². The Morgan fingerprint density at radius 1 is 0.700 bits per heavy atom. The maximum absolute atomic E-state index is 2.23. The van der Waals surface area contributed by atoms with Crippen LogP contribution >= 0.6 is 34.0 Å². The van der Waals surface area contributed by atoms with Crippen LogP contribution in [0.25, 0.3) is 0 Å². The van der Waals surface area contributed by atoms with E-state index in [1.54, 1.807) is 0 Å². The van der Waals surface area contributed by atoms with Gasteiger partial charge in [-0.1, -0.05) is 39.5 Å². The summed E-state index contributed by atoms with van der Waals surface area (Å²) >= 11 is 0. The molecule has 0 heterocycles. The quantitative estimate of drug-likeness (QED) is 0.552. The summed E-state index contributed by atoms with van der Waals surface area (Å²) in [6.45, 7) is 4.46. The van der Waals surface area contributed by atoms with E-state index in [-0.39, 0.29) is 80.1 Å². The third kappa shape index (κ3) is 31.3. The predicted octanol–water partition coefficient (Wildman–Crippen LogP) is 1.91. The van der Waals surface area contributed by atoms with Gasteiger partial charge in [0.05, 0.1) is 0 Å². The highest BCUT2D eigenvalue weighted by atomic mass is 79.9. The average Bonchev–Trinajstić information content (AvgIpc) is 1.61. The van der Waals surface area contributed by atoms with Crippen molar-refractivity contribution in [3.63, 3.8) is 0 Å². The molecule has 0 bridgehead atoms. The summed E-state index contributed by atoms with van der Waals surface area (Å²) in [5, 5.41) is 0. The molecule has 0 aliphatic heterocycles. The number of halogens is 2. The van der Waals surface area contributed by atoms with E-state index in [4.69, 9.17) is 0 Å². The van der Waals surface area contributed by atoms with Gasteiger partial charge >= 0.3 is 46.1 Å². The highest BCUT2D eigenvalue weighted by Crippen LogP contribution is 1.95. The number of unbranched alkanes of at least 4 members (excludes halogenated alkanes) is 3. The summed E-state index contributed by atoms with van der Waals surface area (Å²) in [5.41, 5.74) is 0. The molecule has 0 unspecified atom stereocenters. The van der Waals surface area contributed by atoms with Crippen molar-refractivity contribution in [2.45, 2.75) is 39.5 Å². The second-order valence-electron chi connectivity index (χ2n) is 1.71. The molecule has 0 saturated carbocycles. The molecule has 62 valence electrons. The van der Waals surface area contributed by atoms with E-state index in [0.29, 0.717) is 0 Å². The van der Waals surface area contributed by atoms with Crippen LogP contribution in [0, 0.1) is 0 Å². The summed E-state index contributed by atoms with van der Waals surface area (Å²) in [6, 6.07) is 0. The third-order valence-electron chi connectivity index (χ3n) is 0.957. The smallest absolute Gasteiger partial charge is 0.114 e. The van der Waals surface area contributed by atoms with Crippen molar-refractivity contribution < 1.29 is 0 Å². The van der Waals surface area contributed by atoms with E-state index in [0.717, 1.165) is 0 Å². The van der Waals surface area contributed by atoms with Crippen LogP contribution in [-0.4, -0.2) is 46.1 Å². The van der Waals surface area contributed by atoms with E-state index in [1.807, 2.05) is 0 Å². The molecule has 0 aromatic carbocycles. The van der Waals surface area contributed by atoms with Crippen LogP contribution in [0.3, 0.4) is 0 Å². The van der Waals surface area contributed by atoms with Crippen LogP contribution in [0.15, 0.2) is 0 Å². The number of rotatable bonds is 3. The lowest BCUT2D eigenvalue weighted by Crippen LogP contribution is -1.66. The molecule has 0 fully saturated rings. The van der Waals surface area contributed by atoms with E-state index in [1.165, 1.54) is 25.7 Å². The van der Waals surface area contributed by atoms with Crippen LogP contribution in [0.5, 0.6) is 0 Å². The molecule has 4 heteroatoms. The van der Waals surface area contributed by atoms with Crippen molar-refractivity contribution >= 4 is 80.1 Å². The molecule has 0 rings (SSSR count). The molecule has 0 nitrogen and oxygen atoms in total. The largest absolute Gasteiger partial charge is 0.316 e. The summed E-state index contributed by atoms with van der Waals surface area (Å²) < 4.78 is 0. The van der Waals surface area contributed by atoms with Crippen LogP contribution in [0.1, 0.15) is 39.5 Å². The summed E-state index contributed by atoms with van der Waals surface area (Å²) in [7, 11) is 0. The molecular formula is C6H20Br2Mg2. The molecular weight excluding hydrogens is 280 g/mol. The first-order chi connectivity index (χ1) is 2.91. The molecule has 0 spiro atoms. The Morgan fingerprint density at radius 2 is 0.900 bits per heavy atom. The minimum absolute atomic E-state index is 0. The molecule has 10 heavy (non-hydrogen) atoms. The SMILES string of the molecule is Br.Br.CCCCCC.[MgH2].[MgH2]. The Balaban J connectivity index is -0.0000000208. The van der Waals surface area contributed by atoms with Gasteiger partial charge in [-0.3, -0.25) is 0 Å². The Bertz CT molecular complexity index is 25.7. The highest BCUT2D eigenvalue weighted by molar-refractivity contribution is 8.93. The van der Waals surface area contributed by atoms with Crippen LogP contribution in [0.4, 0.5) is 0 Å². The maximum atomic E-state index is 2.23. The van der Waals surface area contributed by atoms with Gasteiger partial charge in [-0.05, 0) is 0 Å². The molecule has 0 aromatic rings. The fourth-order valence-corrected chi connectivity index (χ4v) is 0.500. The van der Waals surface area contributed by atoms with Gasteiger partial charge in [0.2, 0.25) is 0 Å². The third-order valence-corrected chi connectivity index (χ3v) is 0.957. The van der Waals surface area contributed by atoms with Crippen molar-refractivity contribution in [3.05, 3.63) is 0 Å². The molecule has 0 saturated heterocycles. The highest BCUT2D eigenvalue weighted by Gasteiger charge is 1.75. The van der Waals surface area contributed by atoms with E-state index in [2.05, 4.69) is 13.8 Å². The maximum Gasteiger partial charge on any atom is 0.316 e. The average molecular weight is 301 g/mol. The Hall–Kier alpha value is 2.49. The molecule has 0 N–H and O–H groups in total. The van der Waals surface area contributed by atoms with Crippen LogP contribution in [-0.2, 0) is 0 Å². The molecule has 0 amide bonds. The zero-order valence-electron chi connectivity index (χ0n) is 5.64. The van der Waals surface area contributed by atoms with Gasteiger partial charge in [0, 0.05) is 0 Å². The van der Waals surface area contributed by atoms with Gasteiger partial charge in [-0.2, -0.15) is 0 Å². The molecule has 0 aliphatic rings. The van der Waals surface area contributed by atoms with Gasteiger partial charge in [0.15, 0.2) is 0 Å². The predicted molar refractivity (Wildman–Crippen MR) is 67.5 cm³/mol. The Labute approximate surface area is 118 Å². The zero-order chi connectivity index (χ0) is 4.83. The van der Waals surface area contributed by atoms with Gasteiger partial charge in [0.1, 0.15) is 0 Å². The molecule has 0 aliphatic carbocycles. The first-order valence-corrected chi connectivity index (χ1v) is 2.91. The second-order valence-corrected chi connectivity index (χ2v) is 1.71. The van der Waals surface area contributed by atoms with Gasteiger partial charge in [-0.15, -0.1) is 34.0 Å². The van der Waals surface area contributed by atoms with Gasteiger partial charge in [0.25, 0.3) is 0 Å². The summed E-state index contributed by atoms with van der Waals surface area (Å²) in [4.78, 5) is 0. The lowest BCUT2D eigenvalue weighted by molar-refractivity contribution is 0.702. The topological polar surface area (TPSA) is 0 Å². The van der Waals surface area contributed by atoms with Crippen molar-refractivity contribution in [2.24, 2.45) is 0 Å².